The molecule has 0 spiro atoms. The predicted octanol–water partition coefficient (Wildman–Crippen LogP) is 4.54. The zero-order chi connectivity index (χ0) is 22.6. The van der Waals surface area contributed by atoms with Crippen molar-refractivity contribution in [1.29, 1.82) is 0 Å². The van der Waals surface area contributed by atoms with Crippen molar-refractivity contribution < 1.29 is 23.5 Å². The van der Waals surface area contributed by atoms with Gasteiger partial charge in [0, 0.05) is 5.56 Å². The highest BCUT2D eigenvalue weighted by atomic mass is 19.1. The van der Waals surface area contributed by atoms with Gasteiger partial charge in [-0.2, -0.15) is 0 Å². The molecule has 2 aromatic carbocycles. The molecule has 1 aliphatic heterocycles. The lowest BCUT2D eigenvalue weighted by molar-refractivity contribution is -0.132. The number of aliphatic hydroxyl groups excluding tert-OH is 1. The minimum atomic E-state index is -1.04. The minimum absolute atomic E-state index is 0.159. The molecule has 1 unspecified atom stereocenters. The van der Waals surface area contributed by atoms with Crippen LogP contribution in [0.25, 0.3) is 16.8 Å². The Morgan fingerprint density at radius 1 is 1.12 bits per heavy atom. The molecular weight excluding hydrogens is 413 g/mol. The summed E-state index contributed by atoms with van der Waals surface area (Å²) in [5.74, 6) is -2.22. The molecule has 1 fully saturated rings. The largest absolute Gasteiger partial charge is 0.507 e. The fourth-order valence-electron chi connectivity index (χ4n) is 3.90. The molecule has 2 N–H and O–H groups in total. The van der Waals surface area contributed by atoms with Crippen molar-refractivity contribution in [2.75, 3.05) is 4.90 Å². The van der Waals surface area contributed by atoms with E-state index in [2.05, 4.69) is 9.97 Å². The maximum absolute atomic E-state index is 13.4. The summed E-state index contributed by atoms with van der Waals surface area (Å²) in [6, 6.07) is 11.0. The van der Waals surface area contributed by atoms with Gasteiger partial charge in [-0.05, 0) is 73.5 Å². The number of aryl methyl sites for hydroxylation is 2. The predicted molar refractivity (Wildman–Crippen MR) is 115 cm³/mol. The molecule has 0 aliphatic carbocycles. The number of halogens is 1. The fraction of sp³-hybridized carbons (Fsp3) is 0.125. The van der Waals surface area contributed by atoms with Crippen molar-refractivity contribution in [1.82, 2.24) is 9.97 Å². The number of benzene rings is 2. The monoisotopic (exact) mass is 431 g/mol. The molecule has 3 heterocycles. The lowest BCUT2D eigenvalue weighted by Gasteiger charge is -2.20. The summed E-state index contributed by atoms with van der Waals surface area (Å²) in [4.78, 5) is 34.9. The third-order valence-corrected chi connectivity index (χ3v) is 5.69. The number of carbonyl (C=O) groups excluding carboxylic acids is 2. The van der Waals surface area contributed by atoms with Crippen LogP contribution >= 0.6 is 0 Å². The SMILES string of the molecule is Cc1cc2nc(N3C(=O)C(=O)/C(=C(/O)c4ccc(F)cc4)C3c3ccco3)[nH]c2cc1C. The number of nitrogens with one attached hydrogen (secondary N) is 1. The molecule has 2 aromatic heterocycles. The average Bonchev–Trinajstić information content (AvgIpc) is 3.48. The van der Waals surface area contributed by atoms with Gasteiger partial charge in [-0.1, -0.05) is 0 Å². The van der Waals surface area contributed by atoms with Gasteiger partial charge in [0.1, 0.15) is 23.4 Å². The van der Waals surface area contributed by atoms with E-state index in [0.29, 0.717) is 11.0 Å². The number of amides is 1. The van der Waals surface area contributed by atoms with Gasteiger partial charge < -0.3 is 14.5 Å². The Morgan fingerprint density at radius 2 is 1.84 bits per heavy atom. The van der Waals surface area contributed by atoms with Crippen LogP contribution in [0.2, 0.25) is 0 Å². The third kappa shape index (κ3) is 2.99. The van der Waals surface area contributed by atoms with Crippen molar-refractivity contribution in [3.05, 3.63) is 88.6 Å². The Bertz CT molecular complexity index is 1360. The lowest BCUT2D eigenvalue weighted by Crippen LogP contribution is -2.30. The van der Waals surface area contributed by atoms with Crippen molar-refractivity contribution >= 4 is 34.4 Å². The molecule has 8 heteroatoms. The number of fused-ring (bicyclic) bond motifs is 1. The molecule has 32 heavy (non-hydrogen) atoms. The van der Waals surface area contributed by atoms with E-state index in [9.17, 15) is 19.1 Å². The van der Waals surface area contributed by atoms with Gasteiger partial charge in [-0.3, -0.25) is 14.5 Å². The highest BCUT2D eigenvalue weighted by Crippen LogP contribution is 2.41. The number of anilines is 1. The maximum atomic E-state index is 13.4. The van der Waals surface area contributed by atoms with E-state index >= 15 is 0 Å². The summed E-state index contributed by atoms with van der Waals surface area (Å²) in [5, 5.41) is 10.9. The van der Waals surface area contributed by atoms with Crippen molar-refractivity contribution in [3.8, 4) is 0 Å². The summed E-state index contributed by atoms with van der Waals surface area (Å²) >= 11 is 0. The second-order valence-corrected chi connectivity index (χ2v) is 7.71. The molecule has 1 saturated heterocycles. The number of carbonyl (C=O) groups is 2. The van der Waals surface area contributed by atoms with Crippen LogP contribution in [0, 0.1) is 19.7 Å². The first-order valence-electron chi connectivity index (χ1n) is 9.92. The molecule has 1 amide bonds. The topological polar surface area (TPSA) is 99.4 Å². The average molecular weight is 431 g/mol. The molecular formula is C24H18FN3O4. The van der Waals surface area contributed by atoms with E-state index in [4.69, 9.17) is 4.42 Å². The number of hydrogen-bond acceptors (Lipinski definition) is 5. The molecule has 5 rings (SSSR count). The first-order chi connectivity index (χ1) is 15.3. The Kier molecular flexibility index (Phi) is 4.44. The van der Waals surface area contributed by atoms with Crippen LogP contribution in [-0.4, -0.2) is 26.8 Å². The fourth-order valence-corrected chi connectivity index (χ4v) is 3.90. The van der Waals surface area contributed by atoms with Gasteiger partial charge in [0.05, 0.1) is 22.9 Å². The van der Waals surface area contributed by atoms with Crippen LogP contribution in [0.3, 0.4) is 0 Å². The number of aliphatic hydroxyl groups is 1. The number of hydrogen-bond donors (Lipinski definition) is 2. The highest BCUT2D eigenvalue weighted by Gasteiger charge is 2.49. The first kappa shape index (κ1) is 19.7. The number of nitrogens with zero attached hydrogens (tertiary/aromatic N) is 2. The van der Waals surface area contributed by atoms with E-state index in [0.717, 1.165) is 23.3 Å². The van der Waals surface area contributed by atoms with Gasteiger partial charge in [0.2, 0.25) is 5.95 Å². The van der Waals surface area contributed by atoms with Gasteiger partial charge in [-0.15, -0.1) is 0 Å². The first-order valence-corrected chi connectivity index (χ1v) is 9.92. The summed E-state index contributed by atoms with van der Waals surface area (Å²) in [6.45, 7) is 3.92. The van der Waals surface area contributed by atoms with Gasteiger partial charge in [0.25, 0.3) is 5.78 Å². The summed E-state index contributed by atoms with van der Waals surface area (Å²) in [7, 11) is 0. The van der Waals surface area contributed by atoms with Crippen molar-refractivity contribution in [2.24, 2.45) is 0 Å². The van der Waals surface area contributed by atoms with Gasteiger partial charge in [0.15, 0.2) is 0 Å². The van der Waals surface area contributed by atoms with E-state index in [1.807, 2.05) is 26.0 Å². The highest BCUT2D eigenvalue weighted by molar-refractivity contribution is 6.51. The Hall–Kier alpha value is -4.20. The molecule has 0 saturated carbocycles. The van der Waals surface area contributed by atoms with Crippen LogP contribution in [-0.2, 0) is 9.59 Å². The summed E-state index contributed by atoms with van der Waals surface area (Å²) in [6.07, 6.45) is 1.42. The van der Waals surface area contributed by atoms with E-state index < -0.39 is 29.3 Å². The number of aromatic amines is 1. The van der Waals surface area contributed by atoms with Crippen molar-refractivity contribution in [2.45, 2.75) is 19.9 Å². The molecule has 4 aromatic rings. The molecule has 7 nitrogen and oxygen atoms in total. The number of Topliss-reactive ketones (excluding diaryl/α,β-unsaturated/α-hetero) is 1. The summed E-state index contributed by atoms with van der Waals surface area (Å²) < 4.78 is 18.9. The second-order valence-electron chi connectivity index (χ2n) is 7.71. The number of H-pyrrole nitrogens is 1. The van der Waals surface area contributed by atoms with E-state index in [1.54, 1.807) is 12.1 Å². The van der Waals surface area contributed by atoms with Crippen LogP contribution in [0.4, 0.5) is 10.3 Å². The Balaban J connectivity index is 1.71. The summed E-state index contributed by atoms with van der Waals surface area (Å²) in [5.41, 5.74) is 3.48. The normalized spacial score (nSPS) is 18.1. The zero-order valence-electron chi connectivity index (χ0n) is 17.2. The van der Waals surface area contributed by atoms with Gasteiger partial charge >= 0.3 is 5.91 Å². The second kappa shape index (κ2) is 7.19. The number of ketones is 1. The standard InChI is InChI=1S/C24H18FN3O4/c1-12-10-16-17(11-13(12)2)27-24(26-16)28-20(18-4-3-9-32-18)19(22(30)23(28)31)21(29)14-5-7-15(25)8-6-14/h3-11,20,29H,1-2H3,(H,26,27)/b21-19+. The molecule has 0 radical (unpaired) electrons. The smallest absolute Gasteiger partial charge is 0.302 e. The Labute approximate surface area is 181 Å². The third-order valence-electron chi connectivity index (χ3n) is 5.69. The zero-order valence-corrected chi connectivity index (χ0v) is 17.2. The Morgan fingerprint density at radius 3 is 2.53 bits per heavy atom. The number of aromatic nitrogens is 2. The minimum Gasteiger partial charge on any atom is -0.507 e. The number of rotatable bonds is 3. The molecule has 0 bridgehead atoms. The van der Waals surface area contributed by atoms with E-state index in [1.165, 1.54) is 23.3 Å². The quantitative estimate of drug-likeness (QED) is 0.282. The van der Waals surface area contributed by atoms with E-state index in [-0.39, 0.29) is 22.8 Å². The number of furan rings is 1. The van der Waals surface area contributed by atoms with Crippen molar-refractivity contribution in [3.63, 3.8) is 0 Å². The lowest BCUT2D eigenvalue weighted by atomic mass is 9.99. The molecule has 1 aliphatic rings. The molecule has 1 atom stereocenters. The van der Waals surface area contributed by atoms with Crippen LogP contribution < -0.4 is 4.90 Å². The van der Waals surface area contributed by atoms with Crippen LogP contribution in [0.15, 0.2) is 64.8 Å². The van der Waals surface area contributed by atoms with Crippen LogP contribution in [0.1, 0.15) is 28.5 Å². The van der Waals surface area contributed by atoms with Gasteiger partial charge in [-0.25, -0.2) is 9.37 Å². The maximum Gasteiger partial charge on any atom is 0.302 e. The molecule has 160 valence electrons. The van der Waals surface area contributed by atoms with Crippen LogP contribution in [0.5, 0.6) is 0 Å². The number of imidazole rings is 1.